The summed E-state index contributed by atoms with van der Waals surface area (Å²) in [7, 11) is 0. The molecule has 0 amide bonds. The summed E-state index contributed by atoms with van der Waals surface area (Å²) in [6, 6.07) is 10.7. The van der Waals surface area contributed by atoms with Crippen LogP contribution in [0.4, 0.5) is 0 Å². The van der Waals surface area contributed by atoms with Gasteiger partial charge in [-0.25, -0.2) is 0 Å². The third-order valence-electron chi connectivity index (χ3n) is 9.52. The molecule has 5 heterocycles. The van der Waals surface area contributed by atoms with Crippen molar-refractivity contribution in [2.45, 2.75) is 63.5 Å². The summed E-state index contributed by atoms with van der Waals surface area (Å²) in [5, 5.41) is 0. The van der Waals surface area contributed by atoms with E-state index in [0.717, 1.165) is 19.3 Å². The molecule has 38 heavy (non-hydrogen) atoms. The predicted octanol–water partition coefficient (Wildman–Crippen LogP) is 6.85. The summed E-state index contributed by atoms with van der Waals surface area (Å²) in [5.41, 5.74) is 18.8. The van der Waals surface area contributed by atoms with Gasteiger partial charge in [-0.05, 0) is 56.2 Å². The molecule has 0 spiro atoms. The van der Waals surface area contributed by atoms with Crippen LogP contribution in [0.25, 0.3) is 22.8 Å². The Morgan fingerprint density at radius 1 is 0.632 bits per heavy atom. The van der Waals surface area contributed by atoms with E-state index in [1.54, 1.807) is 44.7 Å². The molecule has 8 aliphatic rings. The van der Waals surface area contributed by atoms with Crippen LogP contribution in [0.15, 0.2) is 71.4 Å². The Bertz CT molecular complexity index is 1560. The average molecular weight is 838 g/mol. The SMILES string of the molecule is C1=CC2=C(C1)c1ccc3c4[n+]1C2CCC4=CC3.C1=Cc2c(ccc3[n+]2C2CCC4=CCC3=C42)C1.[CH3-].[CH3-].[W].[W]. The number of rotatable bonds is 0. The van der Waals surface area contributed by atoms with E-state index in [0.29, 0.717) is 12.1 Å². The number of hydrogen-bond donors (Lipinski definition) is 0. The van der Waals surface area contributed by atoms with Gasteiger partial charge < -0.3 is 14.9 Å². The Morgan fingerprint density at radius 2 is 1.34 bits per heavy atom. The molecule has 2 aromatic rings. The zero-order valence-electron chi connectivity index (χ0n) is 22.3. The zero-order valence-corrected chi connectivity index (χ0v) is 28.2. The second-order valence-corrected chi connectivity index (χ2v) is 11.0. The van der Waals surface area contributed by atoms with Crippen LogP contribution in [0.5, 0.6) is 0 Å². The molecule has 2 nitrogen and oxygen atoms in total. The van der Waals surface area contributed by atoms with Gasteiger partial charge in [-0.2, -0.15) is 9.13 Å². The molecule has 4 heteroatoms. The second kappa shape index (κ2) is 9.94. The van der Waals surface area contributed by atoms with Crippen LogP contribution < -0.4 is 9.13 Å². The molecule has 2 unspecified atom stereocenters. The maximum Gasteiger partial charge on any atom is 0.212 e. The number of nitrogens with zero attached hydrogens (tertiary/aromatic N) is 2. The number of hydrogen-bond acceptors (Lipinski definition) is 0. The van der Waals surface area contributed by atoms with E-state index in [2.05, 4.69) is 69.9 Å². The number of pyridine rings is 2. The van der Waals surface area contributed by atoms with Crippen LogP contribution in [-0.4, -0.2) is 0 Å². The minimum atomic E-state index is 0. The smallest absolute Gasteiger partial charge is 0.212 e. The van der Waals surface area contributed by atoms with Crippen LogP contribution in [0.3, 0.4) is 0 Å². The summed E-state index contributed by atoms with van der Waals surface area (Å²) < 4.78 is 5.25. The van der Waals surface area contributed by atoms with E-state index >= 15 is 0 Å². The van der Waals surface area contributed by atoms with Gasteiger partial charge >= 0.3 is 0 Å². The molecule has 0 saturated heterocycles. The molecule has 0 aromatic carbocycles. The van der Waals surface area contributed by atoms with Crippen molar-refractivity contribution in [2.24, 2.45) is 0 Å². The summed E-state index contributed by atoms with van der Waals surface area (Å²) in [4.78, 5) is 0. The van der Waals surface area contributed by atoms with Crippen molar-refractivity contribution in [3.63, 3.8) is 0 Å². The number of fused-ring (bicyclic) bond motifs is 7. The fourth-order valence-corrected chi connectivity index (χ4v) is 8.16. The Morgan fingerprint density at radius 3 is 2.21 bits per heavy atom. The zero-order chi connectivity index (χ0) is 22.0. The molecular weight excluding hydrogens is 804 g/mol. The first kappa shape index (κ1) is 27.7. The van der Waals surface area contributed by atoms with Crippen LogP contribution in [0, 0.1) is 14.9 Å². The van der Waals surface area contributed by atoms with E-state index < -0.39 is 0 Å². The summed E-state index contributed by atoms with van der Waals surface area (Å²) in [6.45, 7) is 0. The Balaban J connectivity index is 0.000000140. The Labute approximate surface area is 256 Å². The van der Waals surface area contributed by atoms with Gasteiger partial charge in [-0.15, -0.1) is 0 Å². The molecule has 10 rings (SSSR count). The molecule has 1 saturated carbocycles. The largest absolute Gasteiger partial charge is 0.358 e. The molecule has 192 valence electrons. The van der Waals surface area contributed by atoms with Gasteiger partial charge in [0.2, 0.25) is 22.8 Å². The molecule has 2 aromatic heterocycles. The molecule has 0 radical (unpaired) electrons. The van der Waals surface area contributed by atoms with Crippen LogP contribution in [-0.2, 0) is 55.0 Å². The van der Waals surface area contributed by atoms with Gasteiger partial charge in [0.15, 0.2) is 12.1 Å². The second-order valence-electron chi connectivity index (χ2n) is 11.0. The topological polar surface area (TPSA) is 7.76 Å². The van der Waals surface area contributed by atoms with E-state index in [4.69, 9.17) is 0 Å². The molecule has 0 N–H and O–H groups in total. The van der Waals surface area contributed by atoms with Crippen LogP contribution >= 0.6 is 0 Å². The van der Waals surface area contributed by atoms with Crippen molar-refractivity contribution in [1.82, 2.24) is 0 Å². The molecular formula is C34H34N2W2. The third-order valence-corrected chi connectivity index (χ3v) is 9.52. The van der Waals surface area contributed by atoms with Crippen molar-refractivity contribution in [2.75, 3.05) is 0 Å². The van der Waals surface area contributed by atoms with E-state index in [1.807, 2.05) is 0 Å². The van der Waals surface area contributed by atoms with Crippen molar-refractivity contribution < 1.29 is 51.3 Å². The Hall–Kier alpha value is -1.88. The first-order valence-electron chi connectivity index (χ1n) is 13.2. The van der Waals surface area contributed by atoms with Crippen molar-refractivity contribution in [3.8, 4) is 0 Å². The van der Waals surface area contributed by atoms with E-state index in [-0.39, 0.29) is 57.0 Å². The molecule has 0 bridgehead atoms. The van der Waals surface area contributed by atoms with Gasteiger partial charge in [-0.1, -0.05) is 30.4 Å². The minimum absolute atomic E-state index is 0. The monoisotopic (exact) mass is 838 g/mol. The predicted molar refractivity (Wildman–Crippen MR) is 147 cm³/mol. The van der Waals surface area contributed by atoms with Crippen molar-refractivity contribution in [3.05, 3.63) is 120 Å². The first-order chi connectivity index (χ1) is 16.9. The normalized spacial score (nSPS) is 23.6. The fraction of sp³-hybridized carbons (Fsp3) is 0.294. The quantitative estimate of drug-likeness (QED) is 0.203. The maximum absolute atomic E-state index is 2.63. The minimum Gasteiger partial charge on any atom is -0.358 e. The third kappa shape index (κ3) is 3.45. The van der Waals surface area contributed by atoms with Gasteiger partial charge in [0.05, 0.1) is 0 Å². The molecule has 1 fully saturated rings. The van der Waals surface area contributed by atoms with Gasteiger partial charge in [0, 0.05) is 112 Å². The summed E-state index contributed by atoms with van der Waals surface area (Å²) >= 11 is 0. The van der Waals surface area contributed by atoms with Crippen LogP contribution in [0.2, 0.25) is 0 Å². The maximum atomic E-state index is 2.63. The van der Waals surface area contributed by atoms with Gasteiger partial charge in [0.1, 0.15) is 0 Å². The van der Waals surface area contributed by atoms with Gasteiger partial charge in [0.25, 0.3) is 0 Å². The van der Waals surface area contributed by atoms with Crippen molar-refractivity contribution >= 4 is 22.8 Å². The van der Waals surface area contributed by atoms with Crippen LogP contribution in [0.1, 0.15) is 84.5 Å². The standard InChI is InChI=1S/2C16H14N.2CH3.2W/c1-2-10-5-8-14-12-7-4-11-6-9-15(16(11)12)17(14)13(10)3-1;1-2-12-13(3-1)15-9-7-11-5-4-10-6-8-14(12)17(15)16(10)11;;;;/h1,3-5,8,15H,2,6-7,9H2;1-2,4,7,9,14H,3,5-6,8H2;2*1H3;;/q2*+1;2*-1;;. The molecule has 5 aliphatic carbocycles. The molecule has 2 atom stereocenters. The van der Waals surface area contributed by atoms with E-state index in [9.17, 15) is 0 Å². The summed E-state index contributed by atoms with van der Waals surface area (Å²) in [6.07, 6.45) is 24.0. The van der Waals surface area contributed by atoms with Crippen molar-refractivity contribution in [1.29, 1.82) is 0 Å². The van der Waals surface area contributed by atoms with Gasteiger partial charge in [-0.3, -0.25) is 0 Å². The first-order valence-corrected chi connectivity index (χ1v) is 13.2. The fourth-order valence-electron chi connectivity index (χ4n) is 8.16. The van der Waals surface area contributed by atoms with E-state index in [1.165, 1.54) is 54.7 Å². The number of aromatic nitrogens is 2. The Kier molecular flexibility index (Phi) is 7.24. The number of allylic oxidation sites excluding steroid dienone is 11. The molecule has 3 aliphatic heterocycles. The summed E-state index contributed by atoms with van der Waals surface area (Å²) in [5.74, 6) is 0. The average Bonchev–Trinajstić information content (AvgIpc) is 3.66.